The van der Waals surface area contributed by atoms with Gasteiger partial charge in [-0.05, 0) is 18.6 Å². The lowest BCUT2D eigenvalue weighted by Crippen LogP contribution is -2.37. The molecule has 9 heteroatoms. The van der Waals surface area contributed by atoms with E-state index in [0.29, 0.717) is 17.5 Å². The molecule has 2 amide bonds. The predicted molar refractivity (Wildman–Crippen MR) is 110 cm³/mol. The lowest BCUT2D eigenvalue weighted by Gasteiger charge is -2.11. The zero-order valence-electron chi connectivity index (χ0n) is 16.6. The number of carbonyl (C=O) groups excluding carboxylic acids is 2. The van der Waals surface area contributed by atoms with Crippen LogP contribution in [0.25, 0.3) is 11.4 Å². The van der Waals surface area contributed by atoms with Gasteiger partial charge >= 0.3 is 0 Å². The summed E-state index contributed by atoms with van der Waals surface area (Å²) in [6.07, 6.45) is 1.62. The van der Waals surface area contributed by atoms with Crippen molar-refractivity contribution in [2.75, 3.05) is 26.4 Å². The smallest absolute Gasteiger partial charge is 0.241 e. The van der Waals surface area contributed by atoms with Crippen molar-refractivity contribution in [2.45, 2.75) is 18.6 Å². The Bertz CT molecular complexity index is 981. The molecule has 1 aromatic carbocycles. The maximum Gasteiger partial charge on any atom is 0.241 e. The van der Waals surface area contributed by atoms with Crippen molar-refractivity contribution in [2.24, 2.45) is 0 Å². The normalized spacial score (nSPS) is 10.7. The molecule has 0 aliphatic heterocycles. The quantitative estimate of drug-likeness (QED) is 0.569. The number of likely N-dealkylation sites (N-methyl/N-ethyl adjacent to an activating group) is 1. The molecule has 1 N–H and O–H groups in total. The van der Waals surface area contributed by atoms with E-state index in [-0.39, 0.29) is 24.1 Å². The zero-order valence-corrected chi connectivity index (χ0v) is 17.4. The molecule has 3 rings (SSSR count). The summed E-state index contributed by atoms with van der Waals surface area (Å²) < 4.78 is 7.39. The van der Waals surface area contributed by atoms with Gasteiger partial charge in [0.2, 0.25) is 11.8 Å². The van der Waals surface area contributed by atoms with E-state index in [0.717, 1.165) is 16.9 Å². The molecule has 0 saturated heterocycles. The molecule has 2 aromatic heterocycles. The number of benzene rings is 1. The van der Waals surface area contributed by atoms with E-state index in [1.54, 1.807) is 20.4 Å². The van der Waals surface area contributed by atoms with Crippen LogP contribution in [0.3, 0.4) is 0 Å². The van der Waals surface area contributed by atoms with E-state index in [9.17, 15) is 9.59 Å². The monoisotopic (exact) mass is 413 g/mol. The molecule has 29 heavy (non-hydrogen) atoms. The summed E-state index contributed by atoms with van der Waals surface area (Å²) in [7, 11) is 3.30. The highest BCUT2D eigenvalue weighted by molar-refractivity contribution is 7.99. The second-order valence-corrected chi connectivity index (χ2v) is 7.56. The summed E-state index contributed by atoms with van der Waals surface area (Å²) in [5.74, 6) is 1.18. The van der Waals surface area contributed by atoms with Gasteiger partial charge in [0.15, 0.2) is 11.0 Å². The van der Waals surface area contributed by atoms with Crippen LogP contribution in [0.4, 0.5) is 0 Å². The molecule has 0 aliphatic carbocycles. The summed E-state index contributed by atoms with van der Waals surface area (Å²) in [4.78, 5) is 25.2. The molecular formula is C20H23N5O3S. The number of furan rings is 1. The van der Waals surface area contributed by atoms with Gasteiger partial charge in [-0.1, -0.05) is 42.1 Å². The van der Waals surface area contributed by atoms with E-state index >= 15 is 0 Å². The minimum atomic E-state index is -0.236. The minimum absolute atomic E-state index is 0.0252. The Hall–Kier alpha value is -3.07. The number of rotatable bonds is 8. The van der Waals surface area contributed by atoms with Crippen molar-refractivity contribution < 1.29 is 14.0 Å². The standard InChI is InChI=1S/C20H23N5O3S/c1-14-16(9-10-28-14)19-22-23-20(25(19)12-15-7-5-4-6-8-15)29-13-17(26)21-11-18(27)24(2)3/h4-10H,11-13H2,1-3H3,(H,21,26). The average molecular weight is 414 g/mol. The summed E-state index contributed by atoms with van der Waals surface area (Å²) in [5, 5.41) is 11.9. The van der Waals surface area contributed by atoms with Crippen molar-refractivity contribution >= 4 is 23.6 Å². The highest BCUT2D eigenvalue weighted by Gasteiger charge is 2.19. The van der Waals surface area contributed by atoms with Gasteiger partial charge in [0.1, 0.15) is 5.76 Å². The van der Waals surface area contributed by atoms with Crippen molar-refractivity contribution in [3.63, 3.8) is 0 Å². The van der Waals surface area contributed by atoms with E-state index in [1.807, 2.05) is 47.9 Å². The zero-order chi connectivity index (χ0) is 20.8. The number of amides is 2. The molecule has 0 saturated carbocycles. The SMILES string of the molecule is Cc1occc1-c1nnc(SCC(=O)NCC(=O)N(C)C)n1Cc1ccccc1. The Balaban J connectivity index is 1.76. The van der Waals surface area contributed by atoms with Crippen LogP contribution in [0.15, 0.2) is 52.2 Å². The first-order chi connectivity index (χ1) is 14.0. The van der Waals surface area contributed by atoms with Crippen LogP contribution in [0, 0.1) is 6.92 Å². The third kappa shape index (κ3) is 5.26. The maximum absolute atomic E-state index is 12.1. The highest BCUT2D eigenvalue weighted by atomic mass is 32.2. The second kappa shape index (κ2) is 9.42. The molecule has 0 fully saturated rings. The van der Waals surface area contributed by atoms with E-state index in [2.05, 4.69) is 15.5 Å². The first-order valence-corrected chi connectivity index (χ1v) is 10.1. The summed E-state index contributed by atoms with van der Waals surface area (Å²) in [5.41, 5.74) is 1.96. The average Bonchev–Trinajstić information content (AvgIpc) is 3.30. The molecule has 0 spiro atoms. The Labute approximate surface area is 173 Å². The molecular weight excluding hydrogens is 390 g/mol. The molecule has 0 aliphatic rings. The highest BCUT2D eigenvalue weighted by Crippen LogP contribution is 2.27. The number of nitrogens with zero attached hydrogens (tertiary/aromatic N) is 4. The van der Waals surface area contributed by atoms with Gasteiger partial charge in [-0.3, -0.25) is 14.2 Å². The number of carbonyl (C=O) groups is 2. The van der Waals surface area contributed by atoms with Gasteiger partial charge in [0, 0.05) is 14.1 Å². The van der Waals surface area contributed by atoms with Crippen LogP contribution in [0.5, 0.6) is 0 Å². The summed E-state index contributed by atoms with van der Waals surface area (Å²) in [6.45, 7) is 2.41. The fourth-order valence-corrected chi connectivity index (χ4v) is 3.40. The van der Waals surface area contributed by atoms with Crippen molar-refractivity contribution in [3.05, 3.63) is 54.0 Å². The third-order valence-corrected chi connectivity index (χ3v) is 5.23. The first kappa shape index (κ1) is 20.7. The van der Waals surface area contributed by atoms with Crippen LogP contribution < -0.4 is 5.32 Å². The molecule has 0 bridgehead atoms. The Morgan fingerprint density at radius 1 is 1.17 bits per heavy atom. The fourth-order valence-electron chi connectivity index (χ4n) is 2.63. The van der Waals surface area contributed by atoms with E-state index < -0.39 is 0 Å². The van der Waals surface area contributed by atoms with Crippen molar-refractivity contribution in [1.29, 1.82) is 0 Å². The van der Waals surface area contributed by atoms with Gasteiger partial charge < -0.3 is 14.6 Å². The second-order valence-electron chi connectivity index (χ2n) is 6.62. The number of hydrogen-bond acceptors (Lipinski definition) is 6. The number of nitrogens with one attached hydrogen (secondary N) is 1. The topological polar surface area (TPSA) is 93.3 Å². The summed E-state index contributed by atoms with van der Waals surface area (Å²) in [6, 6.07) is 11.8. The lowest BCUT2D eigenvalue weighted by molar-refractivity contribution is -0.130. The number of hydrogen-bond donors (Lipinski definition) is 1. The molecule has 152 valence electrons. The van der Waals surface area contributed by atoms with Crippen LogP contribution in [0.2, 0.25) is 0 Å². The predicted octanol–water partition coefficient (Wildman–Crippen LogP) is 2.19. The number of aromatic nitrogens is 3. The van der Waals surface area contributed by atoms with E-state index in [4.69, 9.17) is 4.42 Å². The van der Waals surface area contributed by atoms with Crippen molar-refractivity contribution in [3.8, 4) is 11.4 Å². The van der Waals surface area contributed by atoms with Gasteiger partial charge in [-0.25, -0.2) is 0 Å². The molecule has 0 atom stereocenters. The lowest BCUT2D eigenvalue weighted by atomic mass is 10.2. The number of aryl methyl sites for hydroxylation is 1. The molecule has 0 unspecified atom stereocenters. The third-order valence-electron chi connectivity index (χ3n) is 4.27. The van der Waals surface area contributed by atoms with Gasteiger partial charge in [0.05, 0.1) is 30.7 Å². The largest absolute Gasteiger partial charge is 0.469 e. The Morgan fingerprint density at radius 2 is 1.93 bits per heavy atom. The maximum atomic E-state index is 12.1. The minimum Gasteiger partial charge on any atom is -0.469 e. The Kier molecular flexibility index (Phi) is 6.71. The van der Waals surface area contributed by atoms with Gasteiger partial charge in [0.25, 0.3) is 0 Å². The first-order valence-electron chi connectivity index (χ1n) is 9.07. The van der Waals surface area contributed by atoms with E-state index in [1.165, 1.54) is 16.7 Å². The fraction of sp³-hybridized carbons (Fsp3) is 0.300. The summed E-state index contributed by atoms with van der Waals surface area (Å²) >= 11 is 1.28. The Morgan fingerprint density at radius 3 is 2.59 bits per heavy atom. The molecule has 3 aromatic rings. The molecule has 2 heterocycles. The van der Waals surface area contributed by atoms with Gasteiger partial charge in [-0.15, -0.1) is 10.2 Å². The molecule has 8 nitrogen and oxygen atoms in total. The van der Waals surface area contributed by atoms with Gasteiger partial charge in [-0.2, -0.15) is 0 Å². The number of thioether (sulfide) groups is 1. The molecule has 0 radical (unpaired) electrons. The van der Waals surface area contributed by atoms with Crippen LogP contribution in [0.1, 0.15) is 11.3 Å². The van der Waals surface area contributed by atoms with Crippen LogP contribution >= 0.6 is 11.8 Å². The van der Waals surface area contributed by atoms with Crippen LogP contribution in [-0.2, 0) is 16.1 Å². The van der Waals surface area contributed by atoms with Crippen molar-refractivity contribution in [1.82, 2.24) is 25.0 Å². The van der Waals surface area contributed by atoms with Crippen LogP contribution in [-0.4, -0.2) is 57.9 Å².